The molecule has 5 N–H and O–H groups in total. The minimum absolute atomic E-state index is 0.360. The van der Waals surface area contributed by atoms with Crippen molar-refractivity contribution in [3.8, 4) is 11.1 Å². The summed E-state index contributed by atoms with van der Waals surface area (Å²) in [6, 6.07) is 11.0. The van der Waals surface area contributed by atoms with Crippen LogP contribution in [0, 0.1) is 0 Å². The van der Waals surface area contributed by atoms with Crippen molar-refractivity contribution in [2.24, 2.45) is 5.73 Å². The Balaban J connectivity index is 2.34. The summed E-state index contributed by atoms with van der Waals surface area (Å²) in [5.74, 6) is -0.509. The van der Waals surface area contributed by atoms with Crippen molar-refractivity contribution >= 4 is 22.6 Å². The molecule has 0 aliphatic heterocycles. The molecule has 0 aliphatic carbocycles. The number of anilines is 1. The van der Waals surface area contributed by atoms with Gasteiger partial charge in [0.15, 0.2) is 0 Å². The zero-order chi connectivity index (χ0) is 13.4. The number of nitrogens with two attached hydrogens (primary N) is 2. The number of carbonyl (C=O) groups excluding carboxylic acids is 1. The average Bonchev–Trinajstić information content (AvgIpc) is 2.79. The number of nitrogen functional groups attached to an aromatic ring is 1. The van der Waals surface area contributed by atoms with Crippen LogP contribution >= 0.6 is 0 Å². The van der Waals surface area contributed by atoms with E-state index in [0.29, 0.717) is 17.0 Å². The van der Waals surface area contributed by atoms with E-state index in [1.165, 1.54) is 0 Å². The normalized spacial score (nSPS) is 10.7. The van der Waals surface area contributed by atoms with Crippen molar-refractivity contribution in [2.75, 3.05) is 5.73 Å². The molecule has 1 aromatic carbocycles. The Morgan fingerprint density at radius 2 is 1.89 bits per heavy atom. The van der Waals surface area contributed by atoms with E-state index >= 15 is 0 Å². The smallest absolute Gasteiger partial charge is 0.265 e. The van der Waals surface area contributed by atoms with Gasteiger partial charge in [-0.05, 0) is 29.8 Å². The molecule has 5 heteroatoms. The highest BCUT2D eigenvalue weighted by Crippen LogP contribution is 2.31. The van der Waals surface area contributed by atoms with Gasteiger partial charge >= 0.3 is 0 Å². The summed E-state index contributed by atoms with van der Waals surface area (Å²) in [6.07, 6.45) is 1.66. The standard InChI is InChI=1S/C14H12N4O/c15-9-5-3-8(4-6-9)11-10-2-1-7-17-14(10)18-12(11)13(16)19/h1-7H,15H2,(H2,16,19)(H,17,18). The first-order valence-electron chi connectivity index (χ1n) is 5.79. The maximum Gasteiger partial charge on any atom is 0.265 e. The molecule has 0 saturated heterocycles. The summed E-state index contributed by atoms with van der Waals surface area (Å²) in [7, 11) is 0. The summed E-state index contributed by atoms with van der Waals surface area (Å²) >= 11 is 0. The SMILES string of the molecule is NC(=O)c1[nH]c2ncccc2c1-c1ccc(N)cc1. The zero-order valence-corrected chi connectivity index (χ0v) is 10.1. The Kier molecular flexibility index (Phi) is 2.45. The second-order valence-electron chi connectivity index (χ2n) is 4.26. The van der Waals surface area contributed by atoms with Gasteiger partial charge in [-0.3, -0.25) is 4.79 Å². The first-order valence-corrected chi connectivity index (χ1v) is 5.79. The van der Waals surface area contributed by atoms with Gasteiger partial charge < -0.3 is 16.5 Å². The van der Waals surface area contributed by atoms with Crippen LogP contribution in [0.15, 0.2) is 42.6 Å². The predicted octanol–water partition coefficient (Wildman–Crippen LogP) is 1.91. The third-order valence-electron chi connectivity index (χ3n) is 3.02. The van der Waals surface area contributed by atoms with Gasteiger partial charge in [-0.1, -0.05) is 12.1 Å². The first-order chi connectivity index (χ1) is 9.16. The number of hydrogen-bond donors (Lipinski definition) is 3. The number of nitrogens with zero attached hydrogens (tertiary/aromatic N) is 1. The molecule has 3 aromatic rings. The maximum atomic E-state index is 11.6. The Morgan fingerprint density at radius 1 is 1.16 bits per heavy atom. The third-order valence-corrected chi connectivity index (χ3v) is 3.02. The molecule has 0 fully saturated rings. The lowest BCUT2D eigenvalue weighted by Gasteiger charge is -2.03. The fraction of sp³-hybridized carbons (Fsp3) is 0. The Morgan fingerprint density at radius 3 is 2.58 bits per heavy atom. The number of benzene rings is 1. The second-order valence-corrected chi connectivity index (χ2v) is 4.26. The van der Waals surface area contributed by atoms with Crippen LogP contribution in [0.25, 0.3) is 22.2 Å². The van der Waals surface area contributed by atoms with Gasteiger partial charge in [-0.2, -0.15) is 0 Å². The predicted molar refractivity (Wildman–Crippen MR) is 74.5 cm³/mol. The van der Waals surface area contributed by atoms with Gasteiger partial charge in [-0.15, -0.1) is 0 Å². The highest BCUT2D eigenvalue weighted by molar-refractivity contribution is 6.08. The Bertz CT molecular complexity index is 759. The highest BCUT2D eigenvalue weighted by Gasteiger charge is 2.17. The molecular formula is C14H12N4O. The number of hydrogen-bond acceptors (Lipinski definition) is 3. The van der Waals surface area contributed by atoms with Crippen molar-refractivity contribution in [2.45, 2.75) is 0 Å². The highest BCUT2D eigenvalue weighted by atomic mass is 16.1. The van der Waals surface area contributed by atoms with Crippen LogP contribution < -0.4 is 11.5 Å². The number of aromatic nitrogens is 2. The monoisotopic (exact) mass is 252 g/mol. The largest absolute Gasteiger partial charge is 0.399 e. The lowest BCUT2D eigenvalue weighted by molar-refractivity contribution is 0.0997. The third kappa shape index (κ3) is 1.81. The van der Waals surface area contributed by atoms with Crippen LogP contribution in [-0.2, 0) is 0 Å². The first kappa shape index (κ1) is 11.3. The number of amides is 1. The molecule has 1 amide bonds. The maximum absolute atomic E-state index is 11.6. The minimum Gasteiger partial charge on any atom is -0.399 e. The van der Waals surface area contributed by atoms with Crippen LogP contribution in [-0.4, -0.2) is 15.9 Å². The van der Waals surface area contributed by atoms with E-state index in [2.05, 4.69) is 9.97 Å². The molecule has 2 heterocycles. The summed E-state index contributed by atoms with van der Waals surface area (Å²) in [6.45, 7) is 0. The van der Waals surface area contributed by atoms with Crippen molar-refractivity contribution in [1.29, 1.82) is 0 Å². The number of carbonyl (C=O) groups is 1. The van der Waals surface area contributed by atoms with E-state index in [-0.39, 0.29) is 0 Å². The molecule has 0 saturated carbocycles. The molecule has 0 atom stereocenters. The minimum atomic E-state index is -0.509. The average molecular weight is 252 g/mol. The van der Waals surface area contributed by atoms with Crippen molar-refractivity contribution in [1.82, 2.24) is 9.97 Å². The molecular weight excluding hydrogens is 240 g/mol. The number of nitrogens with one attached hydrogen (secondary N) is 1. The molecule has 2 aromatic heterocycles. The van der Waals surface area contributed by atoms with E-state index < -0.39 is 5.91 Å². The van der Waals surface area contributed by atoms with Crippen LogP contribution in [0.1, 0.15) is 10.5 Å². The van der Waals surface area contributed by atoms with Gasteiger partial charge in [0.25, 0.3) is 5.91 Å². The molecule has 0 unspecified atom stereocenters. The topological polar surface area (TPSA) is 97.8 Å². The van der Waals surface area contributed by atoms with Crippen molar-refractivity contribution in [3.63, 3.8) is 0 Å². The Hall–Kier alpha value is -2.82. The van der Waals surface area contributed by atoms with Gasteiger partial charge in [0.05, 0.1) is 0 Å². The number of pyridine rings is 1. The quantitative estimate of drug-likeness (QED) is 0.607. The number of fused-ring (bicyclic) bond motifs is 1. The summed E-state index contributed by atoms with van der Waals surface area (Å²) < 4.78 is 0. The number of H-pyrrole nitrogens is 1. The summed E-state index contributed by atoms with van der Waals surface area (Å²) in [4.78, 5) is 18.7. The summed E-state index contributed by atoms with van der Waals surface area (Å²) in [5, 5.41) is 0.862. The molecule has 5 nitrogen and oxygen atoms in total. The number of rotatable bonds is 2. The van der Waals surface area contributed by atoms with Crippen LogP contribution in [0.5, 0.6) is 0 Å². The van der Waals surface area contributed by atoms with Gasteiger partial charge in [0, 0.05) is 22.8 Å². The second kappa shape index (κ2) is 4.13. The molecule has 0 bridgehead atoms. The fourth-order valence-electron chi connectivity index (χ4n) is 2.16. The van der Waals surface area contributed by atoms with E-state index in [0.717, 1.165) is 16.5 Å². The van der Waals surface area contributed by atoms with E-state index in [4.69, 9.17) is 11.5 Å². The van der Waals surface area contributed by atoms with E-state index in [9.17, 15) is 4.79 Å². The fourth-order valence-corrected chi connectivity index (χ4v) is 2.16. The van der Waals surface area contributed by atoms with Crippen LogP contribution in [0.2, 0.25) is 0 Å². The summed E-state index contributed by atoms with van der Waals surface area (Å²) in [5.41, 5.74) is 14.4. The molecule has 0 spiro atoms. The van der Waals surface area contributed by atoms with Gasteiger partial charge in [0.1, 0.15) is 11.3 Å². The number of primary amides is 1. The van der Waals surface area contributed by atoms with Crippen molar-refractivity contribution < 1.29 is 4.79 Å². The lowest BCUT2D eigenvalue weighted by atomic mass is 10.0. The number of aromatic amines is 1. The van der Waals surface area contributed by atoms with E-state index in [1.54, 1.807) is 18.3 Å². The molecule has 3 rings (SSSR count). The molecule has 94 valence electrons. The van der Waals surface area contributed by atoms with Gasteiger partial charge in [0.2, 0.25) is 0 Å². The lowest BCUT2D eigenvalue weighted by Crippen LogP contribution is -2.12. The Labute approximate surface area is 109 Å². The van der Waals surface area contributed by atoms with Crippen molar-refractivity contribution in [3.05, 3.63) is 48.3 Å². The molecule has 0 aliphatic rings. The van der Waals surface area contributed by atoms with Gasteiger partial charge in [-0.25, -0.2) is 4.98 Å². The molecule has 19 heavy (non-hydrogen) atoms. The van der Waals surface area contributed by atoms with Crippen LogP contribution in [0.3, 0.4) is 0 Å². The van der Waals surface area contributed by atoms with Crippen LogP contribution in [0.4, 0.5) is 5.69 Å². The van der Waals surface area contributed by atoms with E-state index in [1.807, 2.05) is 24.3 Å². The zero-order valence-electron chi connectivity index (χ0n) is 10.1. The molecule has 0 radical (unpaired) electrons.